The number of piperidine rings is 1. The number of nitro benzene ring substituents is 1. The van der Waals surface area contributed by atoms with E-state index in [1.54, 1.807) is 17.0 Å². The summed E-state index contributed by atoms with van der Waals surface area (Å²) in [7, 11) is 0. The van der Waals surface area contributed by atoms with E-state index in [9.17, 15) is 14.9 Å². The molecule has 1 aliphatic heterocycles. The van der Waals surface area contributed by atoms with Crippen molar-refractivity contribution in [1.82, 2.24) is 4.90 Å². The van der Waals surface area contributed by atoms with E-state index in [1.807, 2.05) is 6.92 Å². The number of nitrogens with one attached hydrogen (secondary N) is 1. The van der Waals surface area contributed by atoms with Gasteiger partial charge in [0.2, 0.25) is 0 Å². The van der Waals surface area contributed by atoms with Crippen LogP contribution in [0.3, 0.4) is 0 Å². The molecule has 114 valence electrons. The summed E-state index contributed by atoms with van der Waals surface area (Å²) in [5.41, 5.74) is 6.27. The number of likely N-dealkylation sites (tertiary alicyclic amines) is 1. The zero-order valence-corrected chi connectivity index (χ0v) is 12.0. The fraction of sp³-hybridized carbons (Fsp3) is 0.500. The molecule has 1 fully saturated rings. The average molecular weight is 292 g/mol. The van der Waals surface area contributed by atoms with Gasteiger partial charge in [0.15, 0.2) is 0 Å². The SMILES string of the molecule is CC(N)C1CCN(C(=O)Nc2cccc([N+](=O)[O-])c2)CC1. The molecular formula is C14H20N4O3. The maximum absolute atomic E-state index is 12.1. The van der Waals surface area contributed by atoms with Gasteiger partial charge in [0.25, 0.3) is 5.69 Å². The van der Waals surface area contributed by atoms with Crippen molar-refractivity contribution in [3.05, 3.63) is 34.4 Å². The fourth-order valence-electron chi connectivity index (χ4n) is 2.53. The van der Waals surface area contributed by atoms with E-state index in [0.717, 1.165) is 12.8 Å². The number of rotatable bonds is 3. The third-order valence-electron chi connectivity index (χ3n) is 3.88. The molecular weight excluding hydrogens is 272 g/mol. The van der Waals surface area contributed by atoms with Crippen molar-refractivity contribution in [3.63, 3.8) is 0 Å². The number of nitro groups is 1. The highest BCUT2D eigenvalue weighted by Gasteiger charge is 2.24. The van der Waals surface area contributed by atoms with E-state index in [4.69, 9.17) is 5.73 Å². The van der Waals surface area contributed by atoms with Crippen LogP contribution >= 0.6 is 0 Å². The topological polar surface area (TPSA) is 102 Å². The number of amides is 2. The van der Waals surface area contributed by atoms with Gasteiger partial charge >= 0.3 is 6.03 Å². The molecule has 1 heterocycles. The van der Waals surface area contributed by atoms with Crippen molar-refractivity contribution in [1.29, 1.82) is 0 Å². The van der Waals surface area contributed by atoms with Crippen LogP contribution in [0.1, 0.15) is 19.8 Å². The normalized spacial score (nSPS) is 17.3. The first-order chi connectivity index (χ1) is 9.97. The van der Waals surface area contributed by atoms with Crippen molar-refractivity contribution in [3.8, 4) is 0 Å². The number of anilines is 1. The fourth-order valence-corrected chi connectivity index (χ4v) is 2.53. The van der Waals surface area contributed by atoms with Crippen LogP contribution in [0.25, 0.3) is 0 Å². The van der Waals surface area contributed by atoms with Crippen LogP contribution in [0.4, 0.5) is 16.2 Å². The monoisotopic (exact) mass is 292 g/mol. The number of carbonyl (C=O) groups excluding carboxylic acids is 1. The zero-order chi connectivity index (χ0) is 15.4. The maximum atomic E-state index is 12.1. The van der Waals surface area contributed by atoms with E-state index < -0.39 is 4.92 Å². The molecule has 2 rings (SSSR count). The predicted octanol–water partition coefficient (Wildman–Crippen LogP) is 2.19. The second-order valence-corrected chi connectivity index (χ2v) is 5.42. The minimum absolute atomic E-state index is 0.0385. The van der Waals surface area contributed by atoms with Crippen LogP contribution in [0, 0.1) is 16.0 Å². The predicted molar refractivity (Wildman–Crippen MR) is 80.1 cm³/mol. The summed E-state index contributed by atoms with van der Waals surface area (Å²) in [6.07, 6.45) is 1.78. The highest BCUT2D eigenvalue weighted by Crippen LogP contribution is 2.21. The van der Waals surface area contributed by atoms with Crippen LogP contribution < -0.4 is 11.1 Å². The first-order valence-corrected chi connectivity index (χ1v) is 7.03. The van der Waals surface area contributed by atoms with Crippen molar-refractivity contribution < 1.29 is 9.72 Å². The smallest absolute Gasteiger partial charge is 0.321 e. The second kappa shape index (κ2) is 6.53. The summed E-state index contributed by atoms with van der Waals surface area (Å²) >= 11 is 0. The lowest BCUT2D eigenvalue weighted by Crippen LogP contribution is -2.44. The van der Waals surface area contributed by atoms with E-state index in [0.29, 0.717) is 24.7 Å². The summed E-state index contributed by atoms with van der Waals surface area (Å²) in [6, 6.07) is 5.86. The lowest BCUT2D eigenvalue weighted by Gasteiger charge is -2.33. The summed E-state index contributed by atoms with van der Waals surface area (Å²) in [5.74, 6) is 0.451. The van der Waals surface area contributed by atoms with E-state index in [2.05, 4.69) is 5.32 Å². The molecule has 7 nitrogen and oxygen atoms in total. The van der Waals surface area contributed by atoms with Crippen molar-refractivity contribution in [2.75, 3.05) is 18.4 Å². The molecule has 1 atom stereocenters. The van der Waals surface area contributed by atoms with Crippen LogP contribution in [0.2, 0.25) is 0 Å². The van der Waals surface area contributed by atoms with Crippen LogP contribution in [-0.2, 0) is 0 Å². The molecule has 1 aliphatic rings. The summed E-state index contributed by atoms with van der Waals surface area (Å²) in [4.78, 5) is 24.1. The zero-order valence-electron chi connectivity index (χ0n) is 12.0. The van der Waals surface area contributed by atoms with E-state index in [1.165, 1.54) is 12.1 Å². The number of hydrogen-bond donors (Lipinski definition) is 2. The van der Waals surface area contributed by atoms with Crippen LogP contribution in [0.15, 0.2) is 24.3 Å². The van der Waals surface area contributed by atoms with Gasteiger partial charge in [-0.05, 0) is 31.7 Å². The van der Waals surface area contributed by atoms with Gasteiger partial charge < -0.3 is 16.0 Å². The molecule has 3 N–H and O–H groups in total. The molecule has 0 aromatic heterocycles. The van der Waals surface area contributed by atoms with Gasteiger partial charge in [-0.3, -0.25) is 10.1 Å². The third-order valence-corrected chi connectivity index (χ3v) is 3.88. The quantitative estimate of drug-likeness (QED) is 0.658. The molecule has 0 saturated carbocycles. The Hall–Kier alpha value is -2.15. The summed E-state index contributed by atoms with van der Waals surface area (Å²) < 4.78 is 0. The van der Waals surface area contributed by atoms with Gasteiger partial charge in [0, 0.05) is 37.0 Å². The Labute approximate surface area is 123 Å². The Morgan fingerprint density at radius 3 is 2.71 bits per heavy atom. The molecule has 2 amide bonds. The first-order valence-electron chi connectivity index (χ1n) is 7.03. The van der Waals surface area contributed by atoms with Crippen molar-refractivity contribution in [2.45, 2.75) is 25.8 Å². The first kappa shape index (κ1) is 15.2. The number of urea groups is 1. The molecule has 21 heavy (non-hydrogen) atoms. The third kappa shape index (κ3) is 3.91. The lowest BCUT2D eigenvalue weighted by atomic mass is 9.91. The number of hydrogen-bond acceptors (Lipinski definition) is 4. The molecule has 0 spiro atoms. The van der Waals surface area contributed by atoms with Crippen LogP contribution in [-0.4, -0.2) is 35.0 Å². The van der Waals surface area contributed by atoms with Gasteiger partial charge in [-0.1, -0.05) is 6.07 Å². The summed E-state index contributed by atoms with van der Waals surface area (Å²) in [6.45, 7) is 3.31. The highest BCUT2D eigenvalue weighted by atomic mass is 16.6. The second-order valence-electron chi connectivity index (χ2n) is 5.42. The number of carbonyl (C=O) groups is 1. The Balaban J connectivity index is 1.93. The average Bonchev–Trinajstić information content (AvgIpc) is 2.47. The number of nitrogens with two attached hydrogens (primary N) is 1. The maximum Gasteiger partial charge on any atom is 0.321 e. The molecule has 1 aromatic rings. The van der Waals surface area contributed by atoms with Gasteiger partial charge in [0.05, 0.1) is 4.92 Å². The molecule has 0 bridgehead atoms. The molecule has 1 unspecified atom stereocenters. The molecule has 0 radical (unpaired) electrons. The molecule has 1 aromatic carbocycles. The largest absolute Gasteiger partial charge is 0.328 e. The molecule has 0 aliphatic carbocycles. The Morgan fingerprint density at radius 1 is 1.48 bits per heavy atom. The highest BCUT2D eigenvalue weighted by molar-refractivity contribution is 5.89. The lowest BCUT2D eigenvalue weighted by molar-refractivity contribution is -0.384. The van der Waals surface area contributed by atoms with Crippen molar-refractivity contribution >= 4 is 17.4 Å². The standard InChI is InChI=1S/C14H20N4O3/c1-10(15)11-5-7-17(8-6-11)14(19)16-12-3-2-4-13(9-12)18(20)21/h2-4,9-11H,5-8,15H2,1H3,(H,16,19). The van der Waals surface area contributed by atoms with E-state index in [-0.39, 0.29) is 17.8 Å². The minimum atomic E-state index is -0.482. The van der Waals surface area contributed by atoms with Crippen LogP contribution in [0.5, 0.6) is 0 Å². The van der Waals surface area contributed by atoms with Gasteiger partial charge in [-0.2, -0.15) is 0 Å². The Kier molecular flexibility index (Phi) is 4.74. The Morgan fingerprint density at radius 2 is 2.14 bits per heavy atom. The van der Waals surface area contributed by atoms with Gasteiger partial charge in [-0.25, -0.2) is 4.79 Å². The van der Waals surface area contributed by atoms with E-state index >= 15 is 0 Å². The number of benzene rings is 1. The molecule has 1 saturated heterocycles. The van der Waals surface area contributed by atoms with Gasteiger partial charge in [-0.15, -0.1) is 0 Å². The molecule has 7 heteroatoms. The van der Waals surface area contributed by atoms with Gasteiger partial charge in [0.1, 0.15) is 0 Å². The minimum Gasteiger partial charge on any atom is -0.328 e. The van der Waals surface area contributed by atoms with Crippen molar-refractivity contribution in [2.24, 2.45) is 11.7 Å². The number of non-ortho nitro benzene ring substituents is 1. The Bertz CT molecular complexity index is 525. The summed E-state index contributed by atoms with van der Waals surface area (Å²) in [5, 5.41) is 13.4. The number of nitrogens with zero attached hydrogens (tertiary/aromatic N) is 2.